The Labute approximate surface area is 143 Å². The molecule has 0 bridgehead atoms. The Morgan fingerprint density at radius 2 is 1.50 bits per heavy atom. The first-order valence-corrected chi connectivity index (χ1v) is 9.63. The van der Waals surface area contributed by atoms with Gasteiger partial charge in [0.15, 0.2) is 17.5 Å². The molecule has 0 N–H and O–H groups in total. The standard InChI is InChI=1S/C21H29F3/c1-15-7-10-21(11-8-15,17-5-3-2-4-6-17)12-9-16-13-18(22)20(24)19(23)14-16/h13-15,17H,2-12H2,1H3. The van der Waals surface area contributed by atoms with Gasteiger partial charge in [-0.1, -0.05) is 39.0 Å². The van der Waals surface area contributed by atoms with Crippen molar-refractivity contribution >= 4 is 0 Å². The number of hydrogen-bond donors (Lipinski definition) is 0. The van der Waals surface area contributed by atoms with E-state index in [1.807, 2.05) is 0 Å². The molecule has 3 rings (SSSR count). The summed E-state index contributed by atoms with van der Waals surface area (Å²) >= 11 is 0. The molecule has 1 aromatic carbocycles. The monoisotopic (exact) mass is 338 g/mol. The predicted octanol–water partition coefficient (Wildman–Crippen LogP) is 6.81. The van der Waals surface area contributed by atoms with E-state index in [-0.39, 0.29) is 0 Å². The highest BCUT2D eigenvalue weighted by atomic mass is 19.2. The van der Waals surface area contributed by atoms with Crippen molar-refractivity contribution in [1.29, 1.82) is 0 Å². The average molecular weight is 338 g/mol. The van der Waals surface area contributed by atoms with Crippen molar-refractivity contribution in [3.05, 3.63) is 35.1 Å². The summed E-state index contributed by atoms with van der Waals surface area (Å²) in [4.78, 5) is 0. The second-order valence-electron chi connectivity index (χ2n) is 8.25. The number of hydrogen-bond acceptors (Lipinski definition) is 0. The molecule has 0 aliphatic heterocycles. The van der Waals surface area contributed by atoms with Crippen LogP contribution in [0.4, 0.5) is 13.2 Å². The lowest BCUT2D eigenvalue weighted by atomic mass is 9.58. The maximum absolute atomic E-state index is 13.5. The molecule has 0 aromatic heterocycles. The summed E-state index contributed by atoms with van der Waals surface area (Å²) in [5.41, 5.74) is 0.925. The highest BCUT2D eigenvalue weighted by Crippen LogP contribution is 2.52. The van der Waals surface area contributed by atoms with E-state index in [9.17, 15) is 13.2 Å². The third-order valence-electron chi connectivity index (χ3n) is 6.70. The smallest absolute Gasteiger partial charge is 0.194 e. The second-order valence-corrected chi connectivity index (χ2v) is 8.25. The summed E-state index contributed by atoms with van der Waals surface area (Å²) in [6.07, 6.45) is 13.2. The molecule has 0 nitrogen and oxygen atoms in total. The van der Waals surface area contributed by atoms with Gasteiger partial charge in [-0.3, -0.25) is 0 Å². The van der Waals surface area contributed by atoms with E-state index in [1.54, 1.807) is 0 Å². The van der Waals surface area contributed by atoms with Crippen molar-refractivity contribution in [3.63, 3.8) is 0 Å². The van der Waals surface area contributed by atoms with Gasteiger partial charge in [0.25, 0.3) is 0 Å². The van der Waals surface area contributed by atoms with E-state index in [2.05, 4.69) is 6.92 Å². The Balaban J connectivity index is 1.74. The van der Waals surface area contributed by atoms with Crippen molar-refractivity contribution in [1.82, 2.24) is 0 Å². The molecule has 1 aromatic rings. The summed E-state index contributed by atoms with van der Waals surface area (Å²) in [6.45, 7) is 2.33. The van der Waals surface area contributed by atoms with Gasteiger partial charge in [-0.25, -0.2) is 13.2 Å². The SMILES string of the molecule is CC1CCC(CCc2cc(F)c(F)c(F)c2)(C2CCCCC2)CC1. The zero-order valence-electron chi connectivity index (χ0n) is 14.7. The normalized spacial score (nSPS) is 28.9. The summed E-state index contributed by atoms with van der Waals surface area (Å²) < 4.78 is 40.1. The summed E-state index contributed by atoms with van der Waals surface area (Å²) in [7, 11) is 0. The van der Waals surface area contributed by atoms with Crippen LogP contribution in [-0.4, -0.2) is 0 Å². The van der Waals surface area contributed by atoms with Crippen LogP contribution in [0.5, 0.6) is 0 Å². The zero-order chi connectivity index (χ0) is 17.2. The maximum Gasteiger partial charge on any atom is 0.194 e. The first-order valence-electron chi connectivity index (χ1n) is 9.63. The van der Waals surface area contributed by atoms with Gasteiger partial charge in [-0.05, 0) is 73.5 Å². The fraction of sp³-hybridized carbons (Fsp3) is 0.714. The van der Waals surface area contributed by atoms with Gasteiger partial charge in [0, 0.05) is 0 Å². The van der Waals surface area contributed by atoms with Crippen LogP contribution in [-0.2, 0) is 6.42 Å². The van der Waals surface area contributed by atoms with E-state index in [0.717, 1.165) is 18.3 Å². The van der Waals surface area contributed by atoms with E-state index < -0.39 is 17.5 Å². The Bertz CT molecular complexity index is 529. The van der Waals surface area contributed by atoms with Crippen LogP contribution in [0.2, 0.25) is 0 Å². The minimum absolute atomic E-state index is 0.328. The fourth-order valence-corrected chi connectivity index (χ4v) is 5.06. The van der Waals surface area contributed by atoms with Crippen LogP contribution >= 0.6 is 0 Å². The number of aryl methyl sites for hydroxylation is 1. The molecule has 2 saturated carbocycles. The summed E-state index contributed by atoms with van der Waals surface area (Å²) in [5, 5.41) is 0. The number of halogens is 3. The molecule has 24 heavy (non-hydrogen) atoms. The summed E-state index contributed by atoms with van der Waals surface area (Å²) in [5.74, 6) is -1.92. The van der Waals surface area contributed by atoms with E-state index in [0.29, 0.717) is 17.4 Å². The maximum atomic E-state index is 13.5. The molecule has 0 saturated heterocycles. The fourth-order valence-electron chi connectivity index (χ4n) is 5.06. The van der Waals surface area contributed by atoms with Crippen LogP contribution < -0.4 is 0 Å². The van der Waals surface area contributed by atoms with Gasteiger partial charge >= 0.3 is 0 Å². The van der Waals surface area contributed by atoms with Crippen molar-refractivity contribution in [2.75, 3.05) is 0 Å². The highest BCUT2D eigenvalue weighted by Gasteiger charge is 2.40. The number of benzene rings is 1. The molecular weight excluding hydrogens is 309 g/mol. The van der Waals surface area contributed by atoms with Gasteiger partial charge in [-0.15, -0.1) is 0 Å². The minimum atomic E-state index is -1.35. The molecular formula is C21H29F3. The Morgan fingerprint density at radius 3 is 2.08 bits per heavy atom. The molecule has 0 heterocycles. The Hall–Kier alpha value is -0.990. The largest absolute Gasteiger partial charge is 0.204 e. The zero-order valence-corrected chi connectivity index (χ0v) is 14.7. The van der Waals surface area contributed by atoms with Crippen LogP contribution in [0.3, 0.4) is 0 Å². The van der Waals surface area contributed by atoms with E-state index in [4.69, 9.17) is 0 Å². The van der Waals surface area contributed by atoms with Gasteiger partial charge in [0.2, 0.25) is 0 Å². The van der Waals surface area contributed by atoms with Gasteiger partial charge < -0.3 is 0 Å². The van der Waals surface area contributed by atoms with E-state index in [1.165, 1.54) is 69.9 Å². The van der Waals surface area contributed by atoms with Crippen molar-refractivity contribution in [2.45, 2.75) is 77.6 Å². The Kier molecular flexibility index (Phi) is 5.56. The number of rotatable bonds is 4. The van der Waals surface area contributed by atoms with Crippen LogP contribution in [0.1, 0.15) is 76.7 Å². The molecule has 2 fully saturated rings. The molecule has 0 atom stereocenters. The van der Waals surface area contributed by atoms with Gasteiger partial charge in [-0.2, -0.15) is 0 Å². The van der Waals surface area contributed by atoms with Crippen molar-refractivity contribution in [3.8, 4) is 0 Å². The predicted molar refractivity (Wildman–Crippen MR) is 91.3 cm³/mol. The molecule has 0 radical (unpaired) electrons. The third kappa shape index (κ3) is 3.81. The van der Waals surface area contributed by atoms with E-state index >= 15 is 0 Å². The molecule has 2 aliphatic carbocycles. The first kappa shape index (κ1) is 17.8. The molecule has 0 amide bonds. The minimum Gasteiger partial charge on any atom is -0.204 e. The molecule has 134 valence electrons. The topological polar surface area (TPSA) is 0 Å². The lowest BCUT2D eigenvalue weighted by Crippen LogP contribution is -2.36. The van der Waals surface area contributed by atoms with Gasteiger partial charge in [0.1, 0.15) is 0 Å². The molecule has 0 spiro atoms. The van der Waals surface area contributed by atoms with Crippen molar-refractivity contribution < 1.29 is 13.2 Å². The Morgan fingerprint density at radius 1 is 0.917 bits per heavy atom. The second kappa shape index (κ2) is 7.49. The molecule has 3 heteroatoms. The lowest BCUT2D eigenvalue weighted by molar-refractivity contribution is 0.0428. The lowest BCUT2D eigenvalue weighted by Gasteiger charge is -2.47. The van der Waals surface area contributed by atoms with Crippen molar-refractivity contribution in [2.24, 2.45) is 17.3 Å². The highest BCUT2D eigenvalue weighted by molar-refractivity contribution is 5.20. The van der Waals surface area contributed by atoms with Crippen LogP contribution in [0.25, 0.3) is 0 Å². The van der Waals surface area contributed by atoms with Crippen LogP contribution in [0.15, 0.2) is 12.1 Å². The quantitative estimate of drug-likeness (QED) is 0.529. The first-order chi connectivity index (χ1) is 11.5. The summed E-state index contributed by atoms with van der Waals surface area (Å²) in [6, 6.07) is 2.36. The van der Waals surface area contributed by atoms with Crippen LogP contribution in [0, 0.1) is 34.7 Å². The average Bonchev–Trinajstić information content (AvgIpc) is 2.60. The third-order valence-corrected chi connectivity index (χ3v) is 6.70. The molecule has 2 aliphatic rings. The van der Waals surface area contributed by atoms with Gasteiger partial charge in [0.05, 0.1) is 0 Å². The molecule has 0 unspecified atom stereocenters.